The SMILES string of the molecule is C[C@H](N)C(=O)N1CC2C3CCC(O3)C2C1. The maximum atomic E-state index is 11.8. The van der Waals surface area contributed by atoms with Crippen LogP contribution < -0.4 is 5.73 Å². The van der Waals surface area contributed by atoms with Gasteiger partial charge in [0.2, 0.25) is 5.91 Å². The Morgan fingerprint density at radius 3 is 2.33 bits per heavy atom. The number of likely N-dealkylation sites (tertiary alicyclic amines) is 1. The van der Waals surface area contributed by atoms with Crippen molar-refractivity contribution in [3.05, 3.63) is 0 Å². The average Bonchev–Trinajstić information content (AvgIpc) is 2.87. The lowest BCUT2D eigenvalue weighted by Crippen LogP contribution is -2.41. The van der Waals surface area contributed by atoms with E-state index in [4.69, 9.17) is 10.5 Å². The van der Waals surface area contributed by atoms with Crippen molar-refractivity contribution >= 4 is 5.91 Å². The van der Waals surface area contributed by atoms with Gasteiger partial charge in [-0.15, -0.1) is 0 Å². The van der Waals surface area contributed by atoms with Crippen molar-refractivity contribution in [2.24, 2.45) is 17.6 Å². The molecular weight excluding hydrogens is 192 g/mol. The minimum absolute atomic E-state index is 0.101. The van der Waals surface area contributed by atoms with Gasteiger partial charge in [0.15, 0.2) is 0 Å². The first-order chi connectivity index (χ1) is 7.16. The van der Waals surface area contributed by atoms with E-state index in [9.17, 15) is 4.79 Å². The van der Waals surface area contributed by atoms with Gasteiger partial charge >= 0.3 is 0 Å². The predicted molar refractivity (Wildman–Crippen MR) is 55.1 cm³/mol. The molecule has 4 heteroatoms. The number of carbonyl (C=O) groups excluding carboxylic acids is 1. The molecule has 84 valence electrons. The maximum Gasteiger partial charge on any atom is 0.239 e. The molecule has 3 saturated heterocycles. The van der Waals surface area contributed by atoms with Gasteiger partial charge in [0.05, 0.1) is 18.2 Å². The van der Waals surface area contributed by atoms with Crippen molar-refractivity contribution in [2.75, 3.05) is 13.1 Å². The van der Waals surface area contributed by atoms with E-state index < -0.39 is 0 Å². The normalized spacial score (nSPS) is 44.5. The molecule has 3 rings (SSSR count). The van der Waals surface area contributed by atoms with Gasteiger partial charge in [0.1, 0.15) is 0 Å². The van der Waals surface area contributed by atoms with Gasteiger partial charge in [-0.1, -0.05) is 0 Å². The number of nitrogens with two attached hydrogens (primary N) is 1. The minimum atomic E-state index is -0.359. The first kappa shape index (κ1) is 9.60. The van der Waals surface area contributed by atoms with Gasteiger partial charge in [-0.25, -0.2) is 0 Å². The number of hydrogen-bond acceptors (Lipinski definition) is 3. The number of rotatable bonds is 1. The number of ether oxygens (including phenoxy) is 1. The van der Waals surface area contributed by atoms with Crippen LogP contribution in [0.1, 0.15) is 19.8 Å². The van der Waals surface area contributed by atoms with Gasteiger partial charge in [-0.2, -0.15) is 0 Å². The molecule has 0 radical (unpaired) electrons. The fourth-order valence-corrected chi connectivity index (χ4v) is 3.43. The summed E-state index contributed by atoms with van der Waals surface area (Å²) in [6.07, 6.45) is 3.22. The molecule has 2 bridgehead atoms. The van der Waals surface area contributed by atoms with Crippen LogP contribution >= 0.6 is 0 Å². The van der Waals surface area contributed by atoms with E-state index in [-0.39, 0.29) is 11.9 Å². The van der Waals surface area contributed by atoms with E-state index in [1.54, 1.807) is 6.92 Å². The minimum Gasteiger partial charge on any atom is -0.374 e. The molecule has 0 saturated carbocycles. The summed E-state index contributed by atoms with van der Waals surface area (Å²) in [7, 11) is 0. The summed E-state index contributed by atoms with van der Waals surface area (Å²) >= 11 is 0. The quantitative estimate of drug-likeness (QED) is 0.661. The van der Waals surface area contributed by atoms with Gasteiger partial charge in [0.25, 0.3) is 0 Å². The zero-order chi connectivity index (χ0) is 10.6. The highest BCUT2D eigenvalue weighted by Gasteiger charge is 2.53. The Kier molecular flexibility index (Phi) is 2.04. The zero-order valence-corrected chi connectivity index (χ0v) is 9.06. The van der Waals surface area contributed by atoms with Crippen LogP contribution in [-0.4, -0.2) is 42.1 Å². The van der Waals surface area contributed by atoms with Crippen molar-refractivity contribution in [1.29, 1.82) is 0 Å². The van der Waals surface area contributed by atoms with Gasteiger partial charge in [0, 0.05) is 24.9 Å². The van der Waals surface area contributed by atoms with Crippen molar-refractivity contribution in [3.8, 4) is 0 Å². The van der Waals surface area contributed by atoms with Crippen molar-refractivity contribution in [3.63, 3.8) is 0 Å². The summed E-state index contributed by atoms with van der Waals surface area (Å²) in [6.45, 7) is 3.50. The number of nitrogens with zero attached hydrogens (tertiary/aromatic N) is 1. The zero-order valence-electron chi connectivity index (χ0n) is 9.06. The van der Waals surface area contributed by atoms with Crippen LogP contribution in [0.25, 0.3) is 0 Å². The first-order valence-corrected chi connectivity index (χ1v) is 5.86. The van der Waals surface area contributed by atoms with Gasteiger partial charge in [-0.05, 0) is 19.8 Å². The molecule has 4 nitrogen and oxygen atoms in total. The molecule has 5 atom stereocenters. The topological polar surface area (TPSA) is 55.6 Å². The second-order valence-corrected chi connectivity index (χ2v) is 5.15. The lowest BCUT2D eigenvalue weighted by Gasteiger charge is -2.20. The van der Waals surface area contributed by atoms with Crippen LogP contribution in [0.5, 0.6) is 0 Å². The maximum absolute atomic E-state index is 11.8. The summed E-state index contributed by atoms with van der Waals surface area (Å²) in [4.78, 5) is 13.7. The monoisotopic (exact) mass is 210 g/mol. The molecule has 2 N–H and O–H groups in total. The van der Waals surface area contributed by atoms with Crippen LogP contribution in [0.15, 0.2) is 0 Å². The number of fused-ring (bicyclic) bond motifs is 5. The van der Waals surface area contributed by atoms with E-state index in [1.807, 2.05) is 4.90 Å². The summed E-state index contributed by atoms with van der Waals surface area (Å²) in [5.41, 5.74) is 5.63. The average molecular weight is 210 g/mol. The van der Waals surface area contributed by atoms with Crippen LogP contribution in [0, 0.1) is 11.8 Å². The summed E-state index contributed by atoms with van der Waals surface area (Å²) in [6, 6.07) is -0.359. The Bertz CT molecular complexity index is 274. The predicted octanol–water partition coefficient (Wildman–Crippen LogP) is -0.0306. The van der Waals surface area contributed by atoms with Crippen molar-refractivity contribution in [1.82, 2.24) is 4.90 Å². The molecule has 0 spiro atoms. The molecule has 1 amide bonds. The third-order valence-corrected chi connectivity index (χ3v) is 4.15. The number of amides is 1. The van der Waals surface area contributed by atoms with Crippen LogP contribution in [0.3, 0.4) is 0 Å². The van der Waals surface area contributed by atoms with E-state index in [0.29, 0.717) is 24.0 Å². The molecule has 15 heavy (non-hydrogen) atoms. The Morgan fingerprint density at radius 1 is 1.33 bits per heavy atom. The van der Waals surface area contributed by atoms with Gasteiger partial charge in [-0.3, -0.25) is 4.79 Å². The van der Waals surface area contributed by atoms with Crippen LogP contribution in [-0.2, 0) is 9.53 Å². The van der Waals surface area contributed by atoms with Crippen molar-refractivity contribution < 1.29 is 9.53 Å². The Labute approximate surface area is 89.7 Å². The highest BCUT2D eigenvalue weighted by Crippen LogP contribution is 2.47. The Balaban J connectivity index is 1.72. The fourth-order valence-electron chi connectivity index (χ4n) is 3.43. The molecule has 3 fully saturated rings. The molecule has 4 unspecified atom stereocenters. The van der Waals surface area contributed by atoms with Crippen LogP contribution in [0.4, 0.5) is 0 Å². The molecule has 3 heterocycles. The Hall–Kier alpha value is -0.610. The fraction of sp³-hybridized carbons (Fsp3) is 0.909. The summed E-state index contributed by atoms with van der Waals surface area (Å²) in [5.74, 6) is 1.28. The third-order valence-electron chi connectivity index (χ3n) is 4.15. The molecule has 0 aromatic carbocycles. The van der Waals surface area contributed by atoms with Crippen LogP contribution in [0.2, 0.25) is 0 Å². The molecule has 0 aromatic rings. The smallest absolute Gasteiger partial charge is 0.239 e. The lowest BCUT2D eigenvalue weighted by molar-refractivity contribution is -0.131. The molecule has 0 aromatic heterocycles. The molecular formula is C11H18N2O2. The number of carbonyl (C=O) groups is 1. The molecule has 3 aliphatic heterocycles. The molecule has 3 aliphatic rings. The van der Waals surface area contributed by atoms with Gasteiger partial charge < -0.3 is 15.4 Å². The van der Waals surface area contributed by atoms with E-state index >= 15 is 0 Å². The lowest BCUT2D eigenvalue weighted by atomic mass is 9.82. The standard InChI is InChI=1S/C11H18N2O2/c1-6(12)11(14)13-4-7-8(5-13)10-3-2-9(7)15-10/h6-10H,2-5,12H2,1H3/t6-,7?,8?,9?,10?/m0/s1. The van der Waals surface area contributed by atoms with E-state index in [1.165, 1.54) is 12.8 Å². The molecule has 0 aliphatic carbocycles. The second kappa shape index (κ2) is 3.19. The van der Waals surface area contributed by atoms with E-state index in [0.717, 1.165) is 13.1 Å². The first-order valence-electron chi connectivity index (χ1n) is 5.86. The summed E-state index contributed by atoms with van der Waals surface area (Å²) in [5, 5.41) is 0. The van der Waals surface area contributed by atoms with E-state index in [2.05, 4.69) is 0 Å². The highest BCUT2D eigenvalue weighted by molar-refractivity contribution is 5.81. The largest absolute Gasteiger partial charge is 0.374 e. The summed E-state index contributed by atoms with van der Waals surface area (Å²) < 4.78 is 5.86. The highest BCUT2D eigenvalue weighted by atomic mass is 16.5. The van der Waals surface area contributed by atoms with Crippen molar-refractivity contribution in [2.45, 2.75) is 38.0 Å². The Morgan fingerprint density at radius 2 is 1.87 bits per heavy atom. The number of hydrogen-bond donors (Lipinski definition) is 1. The second-order valence-electron chi connectivity index (χ2n) is 5.15. The third kappa shape index (κ3) is 1.31.